The second-order valence-electron chi connectivity index (χ2n) is 12.0. The molecule has 1 aromatic heterocycles. The smallest absolute Gasteiger partial charge is 0.362 e. The lowest BCUT2D eigenvalue weighted by Crippen LogP contribution is -2.50. The van der Waals surface area contributed by atoms with E-state index in [-0.39, 0.29) is 17.9 Å². The van der Waals surface area contributed by atoms with Crippen molar-refractivity contribution in [3.8, 4) is 0 Å². The van der Waals surface area contributed by atoms with E-state index in [2.05, 4.69) is 44.5 Å². The first-order valence-corrected chi connectivity index (χ1v) is 13.0. The SMILES string of the molecule is CCOC(=O)c1nc2ccccc2n(CC[C@@H]2CCC(C)N2C2CC(C)(C)CC(C)(C)C2)c1=O. The molecule has 6 nitrogen and oxygen atoms in total. The van der Waals surface area contributed by atoms with E-state index in [1.54, 1.807) is 11.5 Å². The molecule has 2 heterocycles. The Balaban J connectivity index is 1.61. The Kier molecular flexibility index (Phi) is 6.92. The summed E-state index contributed by atoms with van der Waals surface area (Å²) in [5, 5.41) is 0. The second-order valence-corrected chi connectivity index (χ2v) is 12.0. The number of carbonyl (C=O) groups is 1. The number of likely N-dealkylation sites (tertiary alicyclic amines) is 1. The van der Waals surface area contributed by atoms with Gasteiger partial charge in [-0.15, -0.1) is 0 Å². The lowest BCUT2D eigenvalue weighted by molar-refractivity contribution is 0.00196. The molecule has 34 heavy (non-hydrogen) atoms. The molecule has 0 radical (unpaired) electrons. The van der Waals surface area contributed by atoms with Gasteiger partial charge in [0.1, 0.15) is 0 Å². The molecule has 186 valence electrons. The van der Waals surface area contributed by atoms with Crippen molar-refractivity contribution in [1.82, 2.24) is 14.5 Å². The van der Waals surface area contributed by atoms with Crippen molar-refractivity contribution in [3.05, 3.63) is 40.3 Å². The summed E-state index contributed by atoms with van der Waals surface area (Å²) in [5.41, 5.74) is 1.64. The number of aryl methyl sites for hydroxylation is 1. The Morgan fingerprint density at radius 3 is 2.47 bits per heavy atom. The monoisotopic (exact) mass is 467 g/mol. The molecule has 1 aliphatic heterocycles. The number of para-hydroxylation sites is 2. The van der Waals surface area contributed by atoms with Gasteiger partial charge in [-0.05, 0) is 75.3 Å². The number of aromatic nitrogens is 2. The standard InChI is InChI=1S/C28H41N3O3/c1-7-34-26(33)24-25(32)30(23-11-9-8-10-22(23)29-24)15-14-20-13-12-19(2)31(20)21-16-27(3,4)18-28(5,6)17-21/h8-11,19-21H,7,12-18H2,1-6H3/t19?,20-/m0/s1. The van der Waals surface area contributed by atoms with Gasteiger partial charge in [0.25, 0.3) is 5.56 Å². The molecule has 2 aliphatic rings. The van der Waals surface area contributed by atoms with Crippen LogP contribution in [-0.4, -0.2) is 45.2 Å². The molecule has 0 amide bonds. The van der Waals surface area contributed by atoms with Crippen molar-refractivity contribution in [3.63, 3.8) is 0 Å². The fourth-order valence-corrected chi connectivity index (χ4v) is 7.07. The summed E-state index contributed by atoms with van der Waals surface area (Å²) in [6, 6.07) is 9.13. The highest BCUT2D eigenvalue weighted by Gasteiger charge is 2.44. The molecule has 1 aromatic carbocycles. The minimum absolute atomic E-state index is 0.118. The zero-order valence-electron chi connectivity index (χ0n) is 21.8. The Morgan fingerprint density at radius 2 is 1.79 bits per heavy atom. The van der Waals surface area contributed by atoms with Crippen molar-refractivity contribution in [2.45, 2.75) is 105 Å². The largest absolute Gasteiger partial charge is 0.461 e. The van der Waals surface area contributed by atoms with Crippen molar-refractivity contribution >= 4 is 17.0 Å². The van der Waals surface area contributed by atoms with Crippen LogP contribution in [0.25, 0.3) is 11.0 Å². The Hall–Kier alpha value is -2.21. The molecule has 2 aromatic rings. The number of rotatable bonds is 6. The molecule has 2 fully saturated rings. The lowest BCUT2D eigenvalue weighted by atomic mass is 9.63. The third-order valence-electron chi connectivity index (χ3n) is 7.81. The van der Waals surface area contributed by atoms with Gasteiger partial charge in [0.2, 0.25) is 5.69 Å². The molecular formula is C28H41N3O3. The zero-order valence-corrected chi connectivity index (χ0v) is 21.8. The van der Waals surface area contributed by atoms with E-state index in [1.807, 2.05) is 24.3 Å². The van der Waals surface area contributed by atoms with Crippen LogP contribution in [0.3, 0.4) is 0 Å². The van der Waals surface area contributed by atoms with Crippen LogP contribution in [0.1, 0.15) is 90.6 Å². The number of hydrogen-bond donors (Lipinski definition) is 0. The predicted octanol–water partition coefficient (Wildman–Crippen LogP) is 5.42. The van der Waals surface area contributed by atoms with Gasteiger partial charge in [-0.2, -0.15) is 0 Å². The normalized spacial score (nSPS) is 25.0. The van der Waals surface area contributed by atoms with Crippen molar-refractivity contribution in [1.29, 1.82) is 0 Å². The predicted molar refractivity (Wildman–Crippen MR) is 136 cm³/mol. The highest BCUT2D eigenvalue weighted by Crippen LogP contribution is 2.49. The number of benzene rings is 1. The maximum Gasteiger partial charge on any atom is 0.362 e. The molecule has 1 aliphatic carbocycles. The average Bonchev–Trinajstić information content (AvgIpc) is 3.11. The average molecular weight is 468 g/mol. The van der Waals surface area contributed by atoms with Gasteiger partial charge in [-0.1, -0.05) is 39.8 Å². The number of nitrogens with zero attached hydrogens (tertiary/aromatic N) is 3. The summed E-state index contributed by atoms with van der Waals surface area (Å²) in [4.78, 5) is 32.9. The fourth-order valence-electron chi connectivity index (χ4n) is 7.07. The Morgan fingerprint density at radius 1 is 1.12 bits per heavy atom. The van der Waals surface area contributed by atoms with Gasteiger partial charge in [0.05, 0.1) is 17.6 Å². The van der Waals surface area contributed by atoms with E-state index in [1.165, 1.54) is 25.7 Å². The van der Waals surface area contributed by atoms with Gasteiger partial charge in [0, 0.05) is 24.7 Å². The fraction of sp³-hybridized carbons (Fsp3) is 0.679. The molecule has 1 unspecified atom stereocenters. The Labute approximate surface area is 203 Å². The van der Waals surface area contributed by atoms with Crippen LogP contribution in [-0.2, 0) is 11.3 Å². The summed E-state index contributed by atoms with van der Waals surface area (Å²) in [7, 11) is 0. The Bertz CT molecular complexity index is 1090. The van der Waals surface area contributed by atoms with Gasteiger partial charge < -0.3 is 9.30 Å². The molecule has 6 heteroatoms. The summed E-state index contributed by atoms with van der Waals surface area (Å²) in [6.07, 6.45) is 6.95. The van der Waals surface area contributed by atoms with Crippen LogP contribution in [0.2, 0.25) is 0 Å². The summed E-state index contributed by atoms with van der Waals surface area (Å²) in [5.74, 6) is -0.644. The third-order valence-corrected chi connectivity index (χ3v) is 7.81. The van der Waals surface area contributed by atoms with Crippen LogP contribution in [0.4, 0.5) is 0 Å². The zero-order chi connectivity index (χ0) is 24.7. The second kappa shape index (κ2) is 9.44. The lowest BCUT2D eigenvalue weighted by Gasteiger charge is -2.50. The topological polar surface area (TPSA) is 64.4 Å². The maximum absolute atomic E-state index is 13.3. The number of ether oxygens (including phenoxy) is 1. The summed E-state index contributed by atoms with van der Waals surface area (Å²) in [6.45, 7) is 14.5. The molecule has 0 spiro atoms. The quantitative estimate of drug-likeness (QED) is 0.531. The van der Waals surface area contributed by atoms with Gasteiger partial charge >= 0.3 is 5.97 Å². The first-order valence-electron chi connectivity index (χ1n) is 13.0. The van der Waals surface area contributed by atoms with Crippen LogP contribution < -0.4 is 5.56 Å². The van der Waals surface area contributed by atoms with Crippen LogP contribution in [0.5, 0.6) is 0 Å². The number of carbonyl (C=O) groups excluding carboxylic acids is 1. The number of hydrogen-bond acceptors (Lipinski definition) is 5. The maximum atomic E-state index is 13.3. The molecular weight excluding hydrogens is 426 g/mol. The van der Waals surface area contributed by atoms with E-state index in [4.69, 9.17) is 4.74 Å². The van der Waals surface area contributed by atoms with E-state index >= 15 is 0 Å². The molecule has 0 bridgehead atoms. The highest BCUT2D eigenvalue weighted by atomic mass is 16.5. The van der Waals surface area contributed by atoms with Crippen LogP contribution in [0.15, 0.2) is 29.1 Å². The highest BCUT2D eigenvalue weighted by molar-refractivity contribution is 5.89. The van der Waals surface area contributed by atoms with E-state index < -0.39 is 5.97 Å². The minimum Gasteiger partial charge on any atom is -0.461 e. The van der Waals surface area contributed by atoms with Crippen LogP contribution in [0, 0.1) is 10.8 Å². The van der Waals surface area contributed by atoms with Gasteiger partial charge in [-0.25, -0.2) is 9.78 Å². The van der Waals surface area contributed by atoms with Crippen molar-refractivity contribution < 1.29 is 9.53 Å². The molecule has 2 atom stereocenters. The van der Waals surface area contributed by atoms with E-state index in [0.717, 1.165) is 18.4 Å². The van der Waals surface area contributed by atoms with Gasteiger partial charge in [-0.3, -0.25) is 9.69 Å². The van der Waals surface area contributed by atoms with E-state index in [9.17, 15) is 9.59 Å². The molecule has 0 N–H and O–H groups in total. The number of esters is 1. The first kappa shape index (κ1) is 24.9. The molecule has 4 rings (SSSR count). The van der Waals surface area contributed by atoms with Crippen molar-refractivity contribution in [2.75, 3.05) is 6.61 Å². The van der Waals surface area contributed by atoms with E-state index in [0.29, 0.717) is 41.0 Å². The first-order chi connectivity index (χ1) is 16.0. The third kappa shape index (κ3) is 5.07. The van der Waals surface area contributed by atoms with Crippen LogP contribution >= 0.6 is 0 Å². The summed E-state index contributed by atoms with van der Waals surface area (Å²) >= 11 is 0. The van der Waals surface area contributed by atoms with Gasteiger partial charge in [0.15, 0.2) is 0 Å². The molecule has 1 saturated heterocycles. The summed E-state index contributed by atoms with van der Waals surface area (Å²) < 4.78 is 6.86. The molecule has 1 saturated carbocycles. The minimum atomic E-state index is -0.644. The van der Waals surface area contributed by atoms with Crippen molar-refractivity contribution in [2.24, 2.45) is 10.8 Å². The number of fused-ring (bicyclic) bond motifs is 1.